The fourth-order valence-corrected chi connectivity index (χ4v) is 4.81. The van der Waals surface area contributed by atoms with Gasteiger partial charge in [0, 0.05) is 29.7 Å². The van der Waals surface area contributed by atoms with E-state index in [1.165, 1.54) is 0 Å². The minimum atomic E-state index is 0.184. The lowest BCUT2D eigenvalue weighted by atomic mass is 9.86. The van der Waals surface area contributed by atoms with Crippen LogP contribution in [0, 0.1) is 24.2 Å². The first kappa shape index (κ1) is 15.5. The first-order valence-electron chi connectivity index (χ1n) is 8.91. The zero-order valence-electron chi connectivity index (χ0n) is 14.4. The lowest BCUT2D eigenvalue weighted by Crippen LogP contribution is -2.18. The van der Waals surface area contributed by atoms with Crippen LogP contribution >= 0.6 is 11.3 Å². The lowest BCUT2D eigenvalue weighted by Gasteiger charge is -2.27. The van der Waals surface area contributed by atoms with E-state index in [-0.39, 0.29) is 5.92 Å². The van der Waals surface area contributed by atoms with Gasteiger partial charge in [-0.1, -0.05) is 0 Å². The number of aromatic nitrogens is 5. The molecule has 1 saturated carbocycles. The van der Waals surface area contributed by atoms with Crippen LogP contribution in [0.4, 0.5) is 0 Å². The highest BCUT2D eigenvalue weighted by atomic mass is 32.1. The van der Waals surface area contributed by atoms with E-state index >= 15 is 0 Å². The second kappa shape index (κ2) is 5.92. The third-order valence-corrected chi connectivity index (χ3v) is 6.23. The van der Waals surface area contributed by atoms with E-state index in [0.29, 0.717) is 6.04 Å². The van der Waals surface area contributed by atoms with E-state index < -0.39 is 0 Å². The van der Waals surface area contributed by atoms with Gasteiger partial charge in [-0.2, -0.15) is 5.26 Å². The van der Waals surface area contributed by atoms with Crippen molar-refractivity contribution in [3.8, 4) is 16.8 Å². The van der Waals surface area contributed by atoms with Gasteiger partial charge in [0.2, 0.25) is 0 Å². The molecule has 0 radical (unpaired) electrons. The first-order valence-corrected chi connectivity index (χ1v) is 9.72. The van der Waals surface area contributed by atoms with Crippen molar-refractivity contribution in [3.05, 3.63) is 29.7 Å². The second-order valence-electron chi connectivity index (χ2n) is 6.92. The first-order chi connectivity index (χ1) is 12.7. The number of nitrogens with one attached hydrogen (secondary N) is 1. The number of fused-ring (bicyclic) bond motifs is 3. The Morgan fingerprint density at radius 3 is 2.81 bits per heavy atom. The van der Waals surface area contributed by atoms with Crippen LogP contribution in [0.2, 0.25) is 0 Å². The number of thiazole rings is 1. The van der Waals surface area contributed by atoms with Gasteiger partial charge in [-0.15, -0.1) is 11.3 Å². The highest BCUT2D eigenvalue weighted by Gasteiger charge is 2.27. The van der Waals surface area contributed by atoms with Crippen molar-refractivity contribution in [1.82, 2.24) is 24.5 Å². The molecule has 0 unspecified atom stereocenters. The molecule has 0 bridgehead atoms. The summed E-state index contributed by atoms with van der Waals surface area (Å²) in [5.74, 6) is 1.16. The van der Waals surface area contributed by atoms with E-state index in [9.17, 15) is 5.26 Å². The summed E-state index contributed by atoms with van der Waals surface area (Å²) >= 11 is 1.67. The van der Waals surface area contributed by atoms with Crippen LogP contribution in [-0.4, -0.2) is 24.5 Å². The molecule has 0 aromatic carbocycles. The van der Waals surface area contributed by atoms with Gasteiger partial charge in [-0.05, 0) is 38.7 Å². The maximum Gasteiger partial charge on any atom is 0.153 e. The van der Waals surface area contributed by atoms with Gasteiger partial charge in [-0.25, -0.2) is 15.0 Å². The molecule has 6 nitrogen and oxygen atoms in total. The summed E-state index contributed by atoms with van der Waals surface area (Å²) < 4.78 is 2.38. The normalized spacial score (nSPS) is 20.6. The number of nitrogens with zero attached hydrogens (tertiary/aromatic N) is 5. The SMILES string of the molecule is Cc1ncc(-c2nc3cnc4[nH]ccc4c3n2C2CCC(C#N)CC2)s1. The standard InChI is InChI=1S/C19H18N6S/c1-11-22-10-16(26-11)19-24-15-9-23-18-14(6-7-21-18)17(15)25(19)13-4-2-12(8-20)3-5-13/h6-7,9-10,12-13H,2-5H2,1H3,(H,21,23). The largest absolute Gasteiger partial charge is 0.346 e. The number of aromatic amines is 1. The Balaban J connectivity index is 1.75. The molecule has 1 aliphatic rings. The minimum Gasteiger partial charge on any atom is -0.346 e. The second-order valence-corrected chi connectivity index (χ2v) is 8.15. The summed E-state index contributed by atoms with van der Waals surface area (Å²) in [5.41, 5.74) is 2.94. The van der Waals surface area contributed by atoms with Crippen LogP contribution in [0.1, 0.15) is 36.7 Å². The Labute approximate surface area is 154 Å². The summed E-state index contributed by atoms with van der Waals surface area (Å²) in [4.78, 5) is 18.2. The zero-order valence-corrected chi connectivity index (χ0v) is 15.3. The monoisotopic (exact) mass is 362 g/mol. The fourth-order valence-electron chi connectivity index (χ4n) is 4.05. The third kappa shape index (κ3) is 2.33. The van der Waals surface area contributed by atoms with Crippen molar-refractivity contribution in [2.75, 3.05) is 0 Å². The number of imidazole rings is 1. The van der Waals surface area contributed by atoms with E-state index in [0.717, 1.165) is 63.5 Å². The van der Waals surface area contributed by atoms with Crippen LogP contribution in [0.3, 0.4) is 0 Å². The van der Waals surface area contributed by atoms with Crippen molar-refractivity contribution >= 4 is 33.4 Å². The van der Waals surface area contributed by atoms with Gasteiger partial charge >= 0.3 is 0 Å². The van der Waals surface area contributed by atoms with E-state index in [1.807, 2.05) is 25.5 Å². The maximum atomic E-state index is 9.24. The van der Waals surface area contributed by atoms with Crippen LogP contribution in [0.25, 0.3) is 32.8 Å². The summed E-state index contributed by atoms with van der Waals surface area (Å²) in [6.07, 6.45) is 9.60. The van der Waals surface area contributed by atoms with Gasteiger partial charge < -0.3 is 9.55 Å². The van der Waals surface area contributed by atoms with Gasteiger partial charge in [0.25, 0.3) is 0 Å². The summed E-state index contributed by atoms with van der Waals surface area (Å²) in [7, 11) is 0. The number of H-pyrrole nitrogens is 1. The summed E-state index contributed by atoms with van der Waals surface area (Å²) in [5, 5.41) is 11.4. The van der Waals surface area contributed by atoms with Crippen molar-refractivity contribution in [1.29, 1.82) is 5.26 Å². The Bertz CT molecular complexity index is 1140. The molecule has 0 amide bonds. The number of hydrogen-bond donors (Lipinski definition) is 1. The lowest BCUT2D eigenvalue weighted by molar-refractivity contribution is 0.320. The van der Waals surface area contributed by atoms with Crippen molar-refractivity contribution in [3.63, 3.8) is 0 Å². The number of rotatable bonds is 2. The Hall–Kier alpha value is -2.72. The molecular formula is C19H18N6S. The minimum absolute atomic E-state index is 0.184. The molecule has 0 spiro atoms. The maximum absolute atomic E-state index is 9.24. The highest BCUT2D eigenvalue weighted by molar-refractivity contribution is 7.15. The van der Waals surface area contributed by atoms with E-state index in [1.54, 1.807) is 11.3 Å². The number of nitriles is 1. The van der Waals surface area contributed by atoms with Crippen molar-refractivity contribution in [2.24, 2.45) is 5.92 Å². The molecule has 1 aliphatic carbocycles. The quantitative estimate of drug-likeness (QED) is 0.565. The molecule has 0 aliphatic heterocycles. The molecule has 0 atom stereocenters. The van der Waals surface area contributed by atoms with E-state index in [2.05, 4.69) is 31.7 Å². The topological polar surface area (TPSA) is 83.2 Å². The molecule has 4 aromatic heterocycles. The van der Waals surface area contributed by atoms with Gasteiger partial charge in [-0.3, -0.25) is 0 Å². The molecule has 5 rings (SSSR count). The smallest absolute Gasteiger partial charge is 0.153 e. The van der Waals surface area contributed by atoms with Crippen LogP contribution < -0.4 is 0 Å². The molecule has 130 valence electrons. The number of hydrogen-bond acceptors (Lipinski definition) is 5. The highest BCUT2D eigenvalue weighted by Crippen LogP contribution is 2.40. The van der Waals surface area contributed by atoms with Crippen LogP contribution in [0.15, 0.2) is 24.7 Å². The molecule has 1 N–H and O–H groups in total. The number of pyridine rings is 1. The predicted molar refractivity (Wildman–Crippen MR) is 102 cm³/mol. The van der Waals surface area contributed by atoms with E-state index in [4.69, 9.17) is 4.98 Å². The molecule has 4 aromatic rings. The van der Waals surface area contributed by atoms with Crippen LogP contribution in [-0.2, 0) is 0 Å². The molecule has 0 saturated heterocycles. The Morgan fingerprint density at radius 2 is 2.08 bits per heavy atom. The fraction of sp³-hybridized carbons (Fsp3) is 0.368. The third-order valence-electron chi connectivity index (χ3n) is 5.32. The van der Waals surface area contributed by atoms with Crippen molar-refractivity contribution < 1.29 is 0 Å². The molecule has 7 heteroatoms. The number of aryl methyl sites for hydroxylation is 1. The molecule has 4 heterocycles. The zero-order chi connectivity index (χ0) is 17.7. The average Bonchev–Trinajstić information content (AvgIpc) is 3.38. The molecule has 1 fully saturated rings. The van der Waals surface area contributed by atoms with Crippen molar-refractivity contribution in [2.45, 2.75) is 38.6 Å². The van der Waals surface area contributed by atoms with Gasteiger partial charge in [0.15, 0.2) is 5.82 Å². The summed E-state index contributed by atoms with van der Waals surface area (Å²) in [6, 6.07) is 4.86. The Morgan fingerprint density at radius 1 is 1.23 bits per heavy atom. The Kier molecular flexibility index (Phi) is 3.54. The average molecular weight is 362 g/mol. The van der Waals surface area contributed by atoms with Gasteiger partial charge in [0.05, 0.1) is 27.7 Å². The molecule has 26 heavy (non-hydrogen) atoms. The predicted octanol–water partition coefficient (Wildman–Crippen LogP) is 4.60. The summed E-state index contributed by atoms with van der Waals surface area (Å²) in [6.45, 7) is 2.02. The van der Waals surface area contributed by atoms with Gasteiger partial charge in [0.1, 0.15) is 11.2 Å². The van der Waals surface area contributed by atoms with Crippen LogP contribution in [0.5, 0.6) is 0 Å². The molecular weight excluding hydrogens is 344 g/mol.